The minimum absolute atomic E-state index is 0.0881. The van der Waals surface area contributed by atoms with Gasteiger partial charge in [0.15, 0.2) is 0 Å². The van der Waals surface area contributed by atoms with Crippen molar-refractivity contribution in [1.82, 2.24) is 9.78 Å². The number of fused-ring (bicyclic) bond motifs is 1. The summed E-state index contributed by atoms with van der Waals surface area (Å²) in [6.45, 7) is 1.29. The SMILES string of the molecule is O=c1[nH]n(C2CC2)c2c1CCOC2. The summed E-state index contributed by atoms with van der Waals surface area (Å²) in [5.41, 5.74) is 2.11. The Morgan fingerprint density at radius 2 is 2.31 bits per heavy atom. The van der Waals surface area contributed by atoms with Crippen molar-refractivity contribution in [3.63, 3.8) is 0 Å². The molecule has 4 heteroatoms. The van der Waals surface area contributed by atoms with Gasteiger partial charge in [0.2, 0.25) is 0 Å². The summed E-state index contributed by atoms with van der Waals surface area (Å²) >= 11 is 0. The number of aromatic nitrogens is 2. The van der Waals surface area contributed by atoms with Gasteiger partial charge >= 0.3 is 0 Å². The number of rotatable bonds is 1. The van der Waals surface area contributed by atoms with E-state index in [4.69, 9.17) is 4.74 Å². The molecule has 1 fully saturated rings. The Morgan fingerprint density at radius 1 is 1.46 bits per heavy atom. The van der Waals surface area contributed by atoms with Gasteiger partial charge in [-0.3, -0.25) is 14.6 Å². The van der Waals surface area contributed by atoms with Crippen LogP contribution >= 0.6 is 0 Å². The maximum atomic E-state index is 11.5. The van der Waals surface area contributed by atoms with Crippen LogP contribution in [0.4, 0.5) is 0 Å². The summed E-state index contributed by atoms with van der Waals surface area (Å²) in [5.74, 6) is 0. The average molecular weight is 180 g/mol. The molecule has 13 heavy (non-hydrogen) atoms. The molecule has 0 unspecified atom stereocenters. The van der Waals surface area contributed by atoms with Crippen molar-refractivity contribution in [2.24, 2.45) is 0 Å². The van der Waals surface area contributed by atoms with E-state index in [-0.39, 0.29) is 5.56 Å². The molecule has 0 amide bonds. The van der Waals surface area contributed by atoms with Gasteiger partial charge < -0.3 is 4.74 Å². The first-order chi connectivity index (χ1) is 6.36. The monoisotopic (exact) mass is 180 g/mol. The lowest BCUT2D eigenvalue weighted by molar-refractivity contribution is 0.104. The van der Waals surface area contributed by atoms with E-state index in [0.29, 0.717) is 19.3 Å². The molecule has 1 aromatic rings. The minimum Gasteiger partial charge on any atom is -0.375 e. The Kier molecular flexibility index (Phi) is 1.41. The number of hydrogen-bond acceptors (Lipinski definition) is 2. The summed E-state index contributed by atoms with van der Waals surface area (Å²) in [7, 11) is 0. The number of hydrogen-bond donors (Lipinski definition) is 1. The summed E-state index contributed by atoms with van der Waals surface area (Å²) in [5, 5.41) is 2.90. The van der Waals surface area contributed by atoms with Crippen molar-refractivity contribution in [2.45, 2.75) is 31.9 Å². The molecule has 0 saturated heterocycles. The van der Waals surface area contributed by atoms with E-state index in [1.165, 1.54) is 12.8 Å². The van der Waals surface area contributed by atoms with Gasteiger partial charge in [-0.05, 0) is 12.8 Å². The maximum Gasteiger partial charge on any atom is 0.267 e. The zero-order chi connectivity index (χ0) is 8.84. The van der Waals surface area contributed by atoms with Crippen LogP contribution in [0.1, 0.15) is 30.1 Å². The standard InChI is InChI=1S/C9H12N2O2/c12-9-7-3-4-13-5-8(7)11(10-9)6-1-2-6/h6H,1-5H2,(H,10,12). The van der Waals surface area contributed by atoms with Gasteiger partial charge in [-0.25, -0.2) is 0 Å². The van der Waals surface area contributed by atoms with E-state index < -0.39 is 0 Å². The third-order valence-electron chi connectivity index (χ3n) is 2.78. The third-order valence-corrected chi connectivity index (χ3v) is 2.78. The Labute approximate surface area is 75.5 Å². The lowest BCUT2D eigenvalue weighted by Gasteiger charge is -2.13. The normalized spacial score (nSPS) is 21.5. The topological polar surface area (TPSA) is 47.0 Å². The van der Waals surface area contributed by atoms with E-state index in [0.717, 1.165) is 17.7 Å². The maximum absolute atomic E-state index is 11.5. The molecule has 4 nitrogen and oxygen atoms in total. The van der Waals surface area contributed by atoms with E-state index in [2.05, 4.69) is 5.10 Å². The Hall–Kier alpha value is -1.03. The highest BCUT2D eigenvalue weighted by molar-refractivity contribution is 5.20. The van der Waals surface area contributed by atoms with E-state index >= 15 is 0 Å². The lowest BCUT2D eigenvalue weighted by atomic mass is 10.1. The first kappa shape index (κ1) is 7.38. The van der Waals surface area contributed by atoms with Crippen LogP contribution in [0.3, 0.4) is 0 Å². The second-order valence-electron chi connectivity index (χ2n) is 3.77. The second kappa shape index (κ2) is 2.48. The Morgan fingerprint density at radius 3 is 3.08 bits per heavy atom. The zero-order valence-electron chi connectivity index (χ0n) is 7.38. The van der Waals surface area contributed by atoms with Gasteiger partial charge in [-0.1, -0.05) is 0 Å². The summed E-state index contributed by atoms with van der Waals surface area (Å²) in [6, 6.07) is 0.540. The molecule has 1 saturated carbocycles. The predicted molar refractivity (Wildman–Crippen MR) is 46.7 cm³/mol. The minimum atomic E-state index is 0.0881. The van der Waals surface area contributed by atoms with Crippen LogP contribution in [0.5, 0.6) is 0 Å². The molecule has 1 aromatic heterocycles. The number of aromatic amines is 1. The summed E-state index contributed by atoms with van der Waals surface area (Å²) in [6.07, 6.45) is 3.15. The van der Waals surface area contributed by atoms with Crippen LogP contribution in [-0.4, -0.2) is 16.4 Å². The Bertz CT molecular complexity index is 387. The van der Waals surface area contributed by atoms with Crippen LogP contribution in [0.2, 0.25) is 0 Å². The van der Waals surface area contributed by atoms with E-state index in [1.54, 1.807) is 0 Å². The fourth-order valence-corrected chi connectivity index (χ4v) is 1.92. The van der Waals surface area contributed by atoms with Gasteiger partial charge in [0.05, 0.1) is 24.9 Å². The first-order valence-corrected chi connectivity index (χ1v) is 4.76. The lowest BCUT2D eigenvalue weighted by Crippen LogP contribution is -2.15. The highest BCUT2D eigenvalue weighted by Gasteiger charge is 2.29. The number of nitrogens with one attached hydrogen (secondary N) is 1. The molecule has 0 atom stereocenters. The number of H-pyrrole nitrogens is 1. The molecule has 3 rings (SSSR count). The molecule has 0 radical (unpaired) electrons. The fraction of sp³-hybridized carbons (Fsp3) is 0.667. The fourth-order valence-electron chi connectivity index (χ4n) is 1.92. The molecular weight excluding hydrogens is 168 g/mol. The molecule has 70 valence electrons. The van der Waals surface area contributed by atoms with Gasteiger partial charge in [-0.2, -0.15) is 0 Å². The predicted octanol–water partition coefficient (Wildman–Crippen LogP) is 0.584. The molecule has 0 spiro atoms. The summed E-state index contributed by atoms with van der Waals surface area (Å²) < 4.78 is 7.36. The van der Waals surface area contributed by atoms with Crippen molar-refractivity contribution in [2.75, 3.05) is 6.61 Å². The van der Waals surface area contributed by atoms with Crippen molar-refractivity contribution < 1.29 is 4.74 Å². The molecule has 0 bridgehead atoms. The molecule has 2 aliphatic rings. The first-order valence-electron chi connectivity index (χ1n) is 4.76. The molecule has 2 heterocycles. The van der Waals surface area contributed by atoms with Crippen LogP contribution in [0.15, 0.2) is 4.79 Å². The van der Waals surface area contributed by atoms with Crippen LogP contribution in [-0.2, 0) is 17.8 Å². The third kappa shape index (κ3) is 1.05. The largest absolute Gasteiger partial charge is 0.375 e. The molecule has 1 N–H and O–H groups in total. The van der Waals surface area contributed by atoms with Crippen molar-refractivity contribution in [3.8, 4) is 0 Å². The molecule has 1 aliphatic heterocycles. The average Bonchev–Trinajstić information content (AvgIpc) is 2.94. The number of nitrogens with zero attached hydrogens (tertiary/aromatic N) is 1. The van der Waals surface area contributed by atoms with Gasteiger partial charge in [0, 0.05) is 12.0 Å². The highest BCUT2D eigenvalue weighted by atomic mass is 16.5. The van der Waals surface area contributed by atoms with Crippen molar-refractivity contribution in [1.29, 1.82) is 0 Å². The van der Waals surface area contributed by atoms with Gasteiger partial charge in [-0.15, -0.1) is 0 Å². The molecule has 1 aliphatic carbocycles. The molecule has 0 aromatic carbocycles. The summed E-state index contributed by atoms with van der Waals surface area (Å²) in [4.78, 5) is 11.5. The van der Waals surface area contributed by atoms with Gasteiger partial charge in [0.25, 0.3) is 5.56 Å². The quantitative estimate of drug-likeness (QED) is 0.687. The van der Waals surface area contributed by atoms with Crippen LogP contribution < -0.4 is 5.56 Å². The number of ether oxygens (including phenoxy) is 1. The zero-order valence-corrected chi connectivity index (χ0v) is 7.38. The second-order valence-corrected chi connectivity index (χ2v) is 3.77. The van der Waals surface area contributed by atoms with E-state index in [1.807, 2.05) is 4.68 Å². The Balaban J connectivity index is 2.14. The van der Waals surface area contributed by atoms with Crippen molar-refractivity contribution >= 4 is 0 Å². The van der Waals surface area contributed by atoms with Crippen LogP contribution in [0.25, 0.3) is 0 Å². The van der Waals surface area contributed by atoms with Crippen molar-refractivity contribution in [3.05, 3.63) is 21.6 Å². The van der Waals surface area contributed by atoms with Gasteiger partial charge in [0.1, 0.15) is 0 Å². The smallest absolute Gasteiger partial charge is 0.267 e. The van der Waals surface area contributed by atoms with Crippen LogP contribution in [0, 0.1) is 0 Å². The molecular formula is C9H12N2O2. The van der Waals surface area contributed by atoms with E-state index in [9.17, 15) is 4.79 Å². The highest BCUT2D eigenvalue weighted by Crippen LogP contribution is 2.35.